The Morgan fingerprint density at radius 2 is 2.05 bits per heavy atom. The molecule has 0 bridgehead atoms. The highest BCUT2D eigenvalue weighted by Crippen LogP contribution is 2.34. The smallest absolute Gasteiger partial charge is 0.323 e. The van der Waals surface area contributed by atoms with Crippen molar-refractivity contribution in [3.63, 3.8) is 0 Å². The van der Waals surface area contributed by atoms with Crippen molar-refractivity contribution < 1.29 is 14.7 Å². The molecule has 0 spiro atoms. The molecule has 0 fully saturated rings. The van der Waals surface area contributed by atoms with Crippen molar-refractivity contribution in [2.45, 2.75) is 51.5 Å². The van der Waals surface area contributed by atoms with Crippen molar-refractivity contribution >= 4 is 11.9 Å². The molecule has 1 aromatic rings. The van der Waals surface area contributed by atoms with Crippen LogP contribution in [-0.2, 0) is 16.0 Å². The molecule has 1 aliphatic rings. The topological polar surface area (TPSA) is 57.6 Å². The SMILES string of the molecule is CC(C)N(CC(=O)O)C(=O)CC1CCCc2ccccc21. The number of rotatable bonds is 5. The van der Waals surface area contributed by atoms with Gasteiger partial charge in [0.05, 0.1) is 0 Å². The molecule has 0 radical (unpaired) electrons. The Kier molecular flexibility index (Phi) is 4.99. The molecule has 114 valence electrons. The predicted octanol–water partition coefficient (Wildman–Crippen LogP) is 2.82. The molecule has 0 heterocycles. The number of carboxylic acids is 1. The van der Waals surface area contributed by atoms with E-state index in [4.69, 9.17) is 5.11 Å². The van der Waals surface area contributed by atoms with Crippen LogP contribution in [0.15, 0.2) is 24.3 Å². The van der Waals surface area contributed by atoms with Crippen LogP contribution in [0.25, 0.3) is 0 Å². The van der Waals surface area contributed by atoms with E-state index in [1.54, 1.807) is 0 Å². The molecular weight excluding hydrogens is 266 g/mol. The highest BCUT2D eigenvalue weighted by molar-refractivity contribution is 5.82. The van der Waals surface area contributed by atoms with Crippen LogP contribution in [0.2, 0.25) is 0 Å². The monoisotopic (exact) mass is 289 g/mol. The number of carbonyl (C=O) groups is 2. The van der Waals surface area contributed by atoms with Gasteiger partial charge >= 0.3 is 5.97 Å². The van der Waals surface area contributed by atoms with Crippen LogP contribution in [0.5, 0.6) is 0 Å². The second-order valence-corrected chi connectivity index (χ2v) is 6.00. The molecular formula is C17H23NO3. The normalized spacial score (nSPS) is 17.4. The molecule has 1 unspecified atom stereocenters. The number of hydrogen-bond donors (Lipinski definition) is 1. The molecule has 1 N–H and O–H groups in total. The Morgan fingerprint density at radius 1 is 1.33 bits per heavy atom. The molecule has 1 aliphatic carbocycles. The minimum Gasteiger partial charge on any atom is -0.480 e. The zero-order chi connectivity index (χ0) is 15.4. The van der Waals surface area contributed by atoms with Gasteiger partial charge in [-0.2, -0.15) is 0 Å². The van der Waals surface area contributed by atoms with Gasteiger partial charge in [0, 0.05) is 12.5 Å². The van der Waals surface area contributed by atoms with Gasteiger partial charge in [-0.1, -0.05) is 24.3 Å². The first-order chi connectivity index (χ1) is 9.99. The van der Waals surface area contributed by atoms with Crippen molar-refractivity contribution in [1.29, 1.82) is 0 Å². The van der Waals surface area contributed by atoms with Crippen molar-refractivity contribution in [2.24, 2.45) is 0 Å². The van der Waals surface area contributed by atoms with Gasteiger partial charge in [-0.05, 0) is 50.2 Å². The maximum absolute atomic E-state index is 12.5. The van der Waals surface area contributed by atoms with E-state index in [0.29, 0.717) is 6.42 Å². The van der Waals surface area contributed by atoms with E-state index < -0.39 is 5.97 Å². The Labute approximate surface area is 125 Å². The number of aliphatic carboxylic acids is 1. The zero-order valence-electron chi connectivity index (χ0n) is 12.7. The molecule has 0 saturated carbocycles. The van der Waals surface area contributed by atoms with Gasteiger partial charge in [0.1, 0.15) is 6.54 Å². The lowest BCUT2D eigenvalue weighted by Crippen LogP contribution is -2.41. The minimum absolute atomic E-state index is 0.0610. The van der Waals surface area contributed by atoms with Crippen LogP contribution in [0.1, 0.15) is 50.2 Å². The Hall–Kier alpha value is -1.84. The van der Waals surface area contributed by atoms with E-state index in [1.165, 1.54) is 16.0 Å². The maximum atomic E-state index is 12.5. The summed E-state index contributed by atoms with van der Waals surface area (Å²) in [4.78, 5) is 24.8. The molecule has 1 atom stereocenters. The summed E-state index contributed by atoms with van der Waals surface area (Å²) in [6, 6.07) is 8.19. The van der Waals surface area contributed by atoms with Crippen molar-refractivity contribution in [1.82, 2.24) is 4.90 Å². The lowest BCUT2D eigenvalue weighted by Gasteiger charge is -2.30. The quantitative estimate of drug-likeness (QED) is 0.906. The molecule has 0 saturated heterocycles. The average molecular weight is 289 g/mol. The molecule has 4 heteroatoms. The van der Waals surface area contributed by atoms with Crippen molar-refractivity contribution in [2.75, 3.05) is 6.54 Å². The summed E-state index contributed by atoms with van der Waals surface area (Å²) in [5, 5.41) is 8.95. The number of nitrogens with zero attached hydrogens (tertiary/aromatic N) is 1. The summed E-state index contributed by atoms with van der Waals surface area (Å²) in [5.41, 5.74) is 2.59. The van der Waals surface area contributed by atoms with E-state index in [-0.39, 0.29) is 24.4 Å². The standard InChI is InChI=1S/C17H23NO3/c1-12(2)18(11-17(20)21)16(19)10-14-8-5-7-13-6-3-4-9-15(13)14/h3-4,6,9,12,14H,5,7-8,10-11H2,1-2H3,(H,20,21). The Bertz CT molecular complexity index is 525. The second kappa shape index (κ2) is 6.74. The zero-order valence-corrected chi connectivity index (χ0v) is 12.7. The number of amides is 1. The predicted molar refractivity (Wildman–Crippen MR) is 81.2 cm³/mol. The third-order valence-corrected chi connectivity index (χ3v) is 4.16. The van der Waals surface area contributed by atoms with Crippen molar-refractivity contribution in [3.8, 4) is 0 Å². The first-order valence-corrected chi connectivity index (χ1v) is 7.58. The van der Waals surface area contributed by atoms with Gasteiger partial charge in [-0.15, -0.1) is 0 Å². The number of carboxylic acid groups (broad SMARTS) is 1. The summed E-state index contributed by atoms with van der Waals surface area (Å²) < 4.78 is 0. The Balaban J connectivity index is 2.10. The van der Waals surface area contributed by atoms with Crippen LogP contribution < -0.4 is 0 Å². The van der Waals surface area contributed by atoms with Crippen LogP contribution >= 0.6 is 0 Å². The fourth-order valence-electron chi connectivity index (χ4n) is 3.10. The van der Waals surface area contributed by atoms with E-state index in [9.17, 15) is 9.59 Å². The molecule has 0 aromatic heterocycles. The largest absolute Gasteiger partial charge is 0.480 e. The molecule has 2 rings (SSSR count). The Morgan fingerprint density at radius 3 is 2.71 bits per heavy atom. The number of hydrogen-bond acceptors (Lipinski definition) is 2. The molecule has 21 heavy (non-hydrogen) atoms. The van der Waals surface area contributed by atoms with Crippen LogP contribution in [-0.4, -0.2) is 34.5 Å². The first kappa shape index (κ1) is 15.5. The number of aryl methyl sites for hydroxylation is 1. The summed E-state index contributed by atoms with van der Waals surface area (Å²) in [6.45, 7) is 3.50. The summed E-state index contributed by atoms with van der Waals surface area (Å²) in [6.07, 6.45) is 3.57. The average Bonchev–Trinajstić information content (AvgIpc) is 2.44. The lowest BCUT2D eigenvalue weighted by molar-refractivity contribution is -0.146. The lowest BCUT2D eigenvalue weighted by atomic mass is 9.81. The molecule has 4 nitrogen and oxygen atoms in total. The van der Waals surface area contributed by atoms with Gasteiger partial charge < -0.3 is 10.0 Å². The number of benzene rings is 1. The summed E-state index contributed by atoms with van der Waals surface area (Å²) >= 11 is 0. The van der Waals surface area contributed by atoms with E-state index >= 15 is 0 Å². The second-order valence-electron chi connectivity index (χ2n) is 6.00. The molecule has 1 aromatic carbocycles. The van der Waals surface area contributed by atoms with Gasteiger partial charge in [0.25, 0.3) is 0 Å². The van der Waals surface area contributed by atoms with E-state index in [0.717, 1.165) is 19.3 Å². The third-order valence-electron chi connectivity index (χ3n) is 4.16. The summed E-state index contributed by atoms with van der Waals surface area (Å²) in [5.74, 6) is -0.798. The van der Waals surface area contributed by atoms with Crippen LogP contribution in [0.3, 0.4) is 0 Å². The number of carbonyl (C=O) groups excluding carboxylic acids is 1. The van der Waals surface area contributed by atoms with Gasteiger partial charge in [0.15, 0.2) is 0 Å². The fourth-order valence-corrected chi connectivity index (χ4v) is 3.10. The summed E-state index contributed by atoms with van der Waals surface area (Å²) in [7, 11) is 0. The molecule has 0 aliphatic heterocycles. The highest BCUT2D eigenvalue weighted by atomic mass is 16.4. The van der Waals surface area contributed by atoms with Crippen LogP contribution in [0.4, 0.5) is 0 Å². The van der Waals surface area contributed by atoms with E-state index in [2.05, 4.69) is 12.1 Å². The van der Waals surface area contributed by atoms with Gasteiger partial charge in [-0.3, -0.25) is 9.59 Å². The number of fused-ring (bicyclic) bond motifs is 1. The van der Waals surface area contributed by atoms with Gasteiger partial charge in [0.2, 0.25) is 5.91 Å². The van der Waals surface area contributed by atoms with Crippen LogP contribution in [0, 0.1) is 0 Å². The minimum atomic E-state index is -0.957. The highest BCUT2D eigenvalue weighted by Gasteiger charge is 2.26. The fraction of sp³-hybridized carbons (Fsp3) is 0.529. The van der Waals surface area contributed by atoms with Crippen molar-refractivity contribution in [3.05, 3.63) is 35.4 Å². The first-order valence-electron chi connectivity index (χ1n) is 7.58. The van der Waals surface area contributed by atoms with E-state index in [1.807, 2.05) is 26.0 Å². The molecule has 1 amide bonds. The third kappa shape index (κ3) is 3.84. The maximum Gasteiger partial charge on any atom is 0.323 e. The van der Waals surface area contributed by atoms with Gasteiger partial charge in [-0.25, -0.2) is 0 Å².